The number of hydrogen-bond donors (Lipinski definition) is 0. The molecule has 0 aromatic carbocycles. The van der Waals surface area contributed by atoms with E-state index in [0.29, 0.717) is 6.42 Å². The number of alkyl halides is 1. The SMILES string of the molecule is CCCC(Cl)C(=O)OF. The monoisotopic (exact) mass is 154 g/mol. The van der Waals surface area contributed by atoms with Crippen molar-refractivity contribution in [3.05, 3.63) is 0 Å². The van der Waals surface area contributed by atoms with Crippen molar-refractivity contribution in [3.8, 4) is 0 Å². The van der Waals surface area contributed by atoms with E-state index in [4.69, 9.17) is 11.6 Å². The van der Waals surface area contributed by atoms with Gasteiger partial charge in [-0.1, -0.05) is 13.3 Å². The van der Waals surface area contributed by atoms with E-state index in [2.05, 4.69) is 4.94 Å². The first-order valence-electron chi connectivity index (χ1n) is 2.68. The first kappa shape index (κ1) is 8.69. The highest BCUT2D eigenvalue weighted by molar-refractivity contribution is 6.29. The maximum atomic E-state index is 11.0. The Hall–Kier alpha value is -0.310. The molecule has 0 amide bonds. The van der Waals surface area contributed by atoms with Crippen molar-refractivity contribution in [1.29, 1.82) is 0 Å². The normalized spacial score (nSPS) is 12.8. The zero-order chi connectivity index (χ0) is 7.28. The van der Waals surface area contributed by atoms with Crippen molar-refractivity contribution < 1.29 is 14.3 Å². The van der Waals surface area contributed by atoms with E-state index in [1.165, 1.54) is 0 Å². The molecule has 0 aliphatic heterocycles. The largest absolute Gasteiger partial charge is 0.366 e. The van der Waals surface area contributed by atoms with Crippen molar-refractivity contribution in [2.45, 2.75) is 25.1 Å². The third-order valence-corrected chi connectivity index (χ3v) is 1.27. The summed E-state index contributed by atoms with van der Waals surface area (Å²) in [5, 5.41) is -0.833. The van der Waals surface area contributed by atoms with Gasteiger partial charge in [0.15, 0.2) is 0 Å². The highest BCUT2D eigenvalue weighted by atomic mass is 35.5. The molecule has 0 aromatic heterocycles. The molecule has 1 atom stereocenters. The van der Waals surface area contributed by atoms with E-state index >= 15 is 0 Å². The van der Waals surface area contributed by atoms with Crippen molar-refractivity contribution in [1.82, 2.24) is 0 Å². The van der Waals surface area contributed by atoms with E-state index in [9.17, 15) is 9.32 Å². The molecule has 4 heteroatoms. The van der Waals surface area contributed by atoms with Gasteiger partial charge in [-0.3, -0.25) is 4.94 Å². The molecule has 0 aliphatic rings. The summed E-state index contributed by atoms with van der Waals surface area (Å²) >= 11 is 5.32. The lowest BCUT2D eigenvalue weighted by Crippen LogP contribution is -2.13. The lowest BCUT2D eigenvalue weighted by atomic mass is 10.2. The molecule has 1 unspecified atom stereocenters. The molecule has 0 rings (SSSR count). The predicted octanol–water partition coefficient (Wildman–Crippen LogP) is 1.82. The first-order valence-corrected chi connectivity index (χ1v) is 3.12. The van der Waals surface area contributed by atoms with Crippen LogP contribution >= 0.6 is 11.6 Å². The van der Waals surface area contributed by atoms with Crippen molar-refractivity contribution in [2.75, 3.05) is 0 Å². The number of carbonyl (C=O) groups excluding carboxylic acids is 1. The van der Waals surface area contributed by atoms with Gasteiger partial charge in [-0.25, -0.2) is 4.79 Å². The van der Waals surface area contributed by atoms with Crippen molar-refractivity contribution >= 4 is 17.6 Å². The molecule has 0 saturated heterocycles. The molecule has 0 saturated carbocycles. The minimum Gasteiger partial charge on any atom is -0.253 e. The van der Waals surface area contributed by atoms with Crippen LogP contribution in [0.25, 0.3) is 0 Å². The van der Waals surface area contributed by atoms with Gasteiger partial charge in [-0.2, -0.15) is 0 Å². The van der Waals surface area contributed by atoms with Gasteiger partial charge in [0.25, 0.3) is 0 Å². The van der Waals surface area contributed by atoms with Crippen LogP contribution in [0.5, 0.6) is 0 Å². The summed E-state index contributed by atoms with van der Waals surface area (Å²) in [4.78, 5) is 13.1. The molecule has 2 nitrogen and oxygen atoms in total. The Morgan fingerprint density at radius 2 is 2.44 bits per heavy atom. The molecule has 0 radical (unpaired) electrons. The van der Waals surface area contributed by atoms with E-state index in [1.807, 2.05) is 6.92 Å². The van der Waals surface area contributed by atoms with Gasteiger partial charge < -0.3 is 0 Å². The fourth-order valence-electron chi connectivity index (χ4n) is 0.420. The summed E-state index contributed by atoms with van der Waals surface area (Å²) in [5.74, 6) is -1.00. The van der Waals surface area contributed by atoms with Crippen LogP contribution in [-0.2, 0) is 9.74 Å². The minimum atomic E-state index is -1.00. The molecular weight excluding hydrogens is 147 g/mol. The Balaban J connectivity index is 3.45. The predicted molar refractivity (Wildman–Crippen MR) is 31.7 cm³/mol. The second kappa shape index (κ2) is 4.56. The van der Waals surface area contributed by atoms with Crippen LogP contribution in [0.2, 0.25) is 0 Å². The maximum Gasteiger partial charge on any atom is 0.366 e. The summed E-state index contributed by atoms with van der Waals surface area (Å²) in [6, 6.07) is 0. The first-order chi connectivity index (χ1) is 4.22. The second-order valence-corrected chi connectivity index (χ2v) is 2.18. The fraction of sp³-hybridized carbons (Fsp3) is 0.800. The van der Waals surface area contributed by atoms with Gasteiger partial charge in [0.05, 0.1) is 0 Å². The second-order valence-electron chi connectivity index (χ2n) is 1.65. The van der Waals surface area contributed by atoms with E-state index in [1.54, 1.807) is 0 Å². The Morgan fingerprint density at radius 3 is 2.78 bits per heavy atom. The molecule has 0 aliphatic carbocycles. The molecule has 0 fully saturated rings. The summed E-state index contributed by atoms with van der Waals surface area (Å²) in [7, 11) is 0. The Kier molecular flexibility index (Phi) is 4.40. The van der Waals surface area contributed by atoms with E-state index in [-0.39, 0.29) is 0 Å². The quantitative estimate of drug-likeness (QED) is 0.580. The topological polar surface area (TPSA) is 26.3 Å². The summed E-state index contributed by atoms with van der Waals surface area (Å²) in [6.07, 6.45) is 1.19. The third kappa shape index (κ3) is 3.30. The summed E-state index contributed by atoms with van der Waals surface area (Å²) < 4.78 is 11.0. The molecule has 0 spiro atoms. The molecule has 0 N–H and O–H groups in total. The highest BCUT2D eigenvalue weighted by Crippen LogP contribution is 2.06. The zero-order valence-electron chi connectivity index (χ0n) is 5.06. The van der Waals surface area contributed by atoms with E-state index in [0.717, 1.165) is 6.42 Å². The number of carbonyl (C=O) groups is 1. The van der Waals surface area contributed by atoms with Gasteiger partial charge in [0, 0.05) is 4.53 Å². The maximum absolute atomic E-state index is 11.0. The van der Waals surface area contributed by atoms with Crippen LogP contribution < -0.4 is 0 Å². The molecule has 9 heavy (non-hydrogen) atoms. The summed E-state index contributed by atoms with van der Waals surface area (Å²) in [5.41, 5.74) is 0. The average molecular weight is 155 g/mol. The summed E-state index contributed by atoms with van der Waals surface area (Å²) in [6.45, 7) is 1.85. The van der Waals surface area contributed by atoms with Gasteiger partial charge in [0.1, 0.15) is 5.38 Å². The third-order valence-electron chi connectivity index (χ3n) is 0.874. The Bertz CT molecular complexity index is 97.0. The molecular formula is C5H8ClFO2. The van der Waals surface area contributed by atoms with Crippen molar-refractivity contribution in [2.24, 2.45) is 0 Å². The van der Waals surface area contributed by atoms with Crippen LogP contribution in [0.4, 0.5) is 4.53 Å². The molecule has 0 heterocycles. The van der Waals surface area contributed by atoms with Crippen LogP contribution in [0.1, 0.15) is 19.8 Å². The minimum absolute atomic E-state index is 0.449. The lowest BCUT2D eigenvalue weighted by molar-refractivity contribution is -0.183. The molecule has 0 bridgehead atoms. The molecule has 0 aromatic rings. The zero-order valence-corrected chi connectivity index (χ0v) is 5.82. The lowest BCUT2D eigenvalue weighted by Gasteiger charge is -1.99. The van der Waals surface area contributed by atoms with Gasteiger partial charge in [-0.05, 0) is 6.42 Å². The fourth-order valence-corrected chi connectivity index (χ4v) is 0.672. The van der Waals surface area contributed by atoms with E-state index < -0.39 is 11.3 Å². The number of rotatable bonds is 3. The Labute approximate surface area is 57.8 Å². The van der Waals surface area contributed by atoms with Crippen molar-refractivity contribution in [3.63, 3.8) is 0 Å². The number of hydrogen-bond acceptors (Lipinski definition) is 2. The van der Waals surface area contributed by atoms with Gasteiger partial charge >= 0.3 is 5.97 Å². The van der Waals surface area contributed by atoms with Crippen LogP contribution in [0.3, 0.4) is 0 Å². The van der Waals surface area contributed by atoms with Crippen LogP contribution in [0, 0.1) is 0 Å². The van der Waals surface area contributed by atoms with Crippen LogP contribution in [-0.4, -0.2) is 11.3 Å². The van der Waals surface area contributed by atoms with Gasteiger partial charge in [-0.15, -0.1) is 11.6 Å². The number of halogens is 2. The smallest absolute Gasteiger partial charge is 0.253 e. The average Bonchev–Trinajstić information content (AvgIpc) is 1.87. The standard InChI is InChI=1S/C5H8ClFO2/c1-2-3-4(6)5(8)9-7/h4H,2-3H2,1H3. The molecule has 54 valence electrons. The van der Waals surface area contributed by atoms with Gasteiger partial charge in [0.2, 0.25) is 0 Å². The van der Waals surface area contributed by atoms with Crippen LogP contribution in [0.15, 0.2) is 0 Å². The Morgan fingerprint density at radius 1 is 1.89 bits per heavy atom. The highest BCUT2D eigenvalue weighted by Gasteiger charge is 2.15.